The van der Waals surface area contributed by atoms with E-state index < -0.39 is 5.82 Å². The monoisotopic (exact) mass is 495 g/mol. The molecule has 0 N–H and O–H groups in total. The quantitative estimate of drug-likeness (QED) is 0.413. The third kappa shape index (κ3) is 4.79. The molecule has 2 aromatic carbocycles. The summed E-state index contributed by atoms with van der Waals surface area (Å²) in [4.78, 5) is 25.5. The topological polar surface area (TPSA) is 73.1 Å². The van der Waals surface area contributed by atoms with Gasteiger partial charge >= 0.3 is 0 Å². The molecule has 0 unspecified atom stereocenters. The van der Waals surface area contributed by atoms with Crippen LogP contribution in [0.3, 0.4) is 0 Å². The van der Waals surface area contributed by atoms with E-state index in [9.17, 15) is 13.6 Å². The maximum Gasteiger partial charge on any atom is 0.244 e. The highest BCUT2D eigenvalue weighted by Crippen LogP contribution is 2.28. The summed E-state index contributed by atoms with van der Waals surface area (Å²) in [5.41, 5.74) is 2.23. The summed E-state index contributed by atoms with van der Waals surface area (Å²) in [5.74, 6) is -0.170. The average Bonchev–Trinajstić information content (AvgIpc) is 3.36. The zero-order valence-electron chi connectivity index (χ0n) is 19.3. The molecule has 10 heteroatoms. The number of halogens is 2. The number of fused-ring (bicyclic) bond motifs is 1. The Bertz CT molecular complexity index is 1360. The molecular weight excluding hydrogens is 472 g/mol. The molecule has 0 bridgehead atoms. The molecule has 0 spiro atoms. The molecule has 1 aliphatic rings. The van der Waals surface area contributed by atoms with Gasteiger partial charge in [-0.1, -0.05) is 0 Å². The zero-order chi connectivity index (χ0) is 24.5. The van der Waals surface area contributed by atoms with Crippen LogP contribution in [0.15, 0.2) is 42.5 Å². The fraction of sp³-hybridized carbons (Fsp3) is 0.280. The molecule has 35 heavy (non-hydrogen) atoms. The van der Waals surface area contributed by atoms with Crippen LogP contribution < -0.4 is 4.74 Å². The van der Waals surface area contributed by atoms with Crippen LogP contribution in [0.5, 0.6) is 5.75 Å². The number of hydrogen-bond donors (Lipinski definition) is 0. The summed E-state index contributed by atoms with van der Waals surface area (Å²) in [6.45, 7) is 3.14. The summed E-state index contributed by atoms with van der Waals surface area (Å²) < 4.78 is 34.1. The van der Waals surface area contributed by atoms with Gasteiger partial charge in [0, 0.05) is 41.9 Å². The predicted molar refractivity (Wildman–Crippen MR) is 128 cm³/mol. The van der Waals surface area contributed by atoms with E-state index in [1.165, 1.54) is 40.9 Å². The molecule has 0 saturated carbocycles. The van der Waals surface area contributed by atoms with Crippen molar-refractivity contribution in [1.82, 2.24) is 24.6 Å². The SMILES string of the molecule is COc1cc(-c2nc(-c3ccc(F)cc3)nn2CC(=O)N2CCc3nc(C)sc3CC2)ccc1F. The molecule has 0 aliphatic carbocycles. The van der Waals surface area contributed by atoms with Gasteiger partial charge in [-0.15, -0.1) is 16.4 Å². The van der Waals surface area contributed by atoms with E-state index in [1.807, 2.05) is 11.8 Å². The summed E-state index contributed by atoms with van der Waals surface area (Å²) in [7, 11) is 1.38. The average molecular weight is 496 g/mol. The van der Waals surface area contributed by atoms with Gasteiger partial charge in [0.1, 0.15) is 12.4 Å². The fourth-order valence-corrected chi connectivity index (χ4v) is 5.13. The predicted octanol–water partition coefficient (Wildman–Crippen LogP) is 4.29. The minimum Gasteiger partial charge on any atom is -0.494 e. The van der Waals surface area contributed by atoms with E-state index in [0.717, 1.165) is 17.1 Å². The second-order valence-electron chi connectivity index (χ2n) is 8.26. The Morgan fingerprint density at radius 2 is 1.80 bits per heavy atom. The van der Waals surface area contributed by atoms with Crippen LogP contribution >= 0.6 is 11.3 Å². The minimum absolute atomic E-state index is 0.0384. The van der Waals surface area contributed by atoms with Gasteiger partial charge in [-0.3, -0.25) is 4.79 Å². The van der Waals surface area contributed by atoms with Crippen LogP contribution in [0, 0.1) is 18.6 Å². The lowest BCUT2D eigenvalue weighted by Crippen LogP contribution is -2.36. The molecule has 7 nitrogen and oxygen atoms in total. The lowest BCUT2D eigenvalue weighted by molar-refractivity contribution is -0.131. The van der Waals surface area contributed by atoms with Crippen LogP contribution in [0.4, 0.5) is 8.78 Å². The number of hydrogen-bond acceptors (Lipinski definition) is 6. The van der Waals surface area contributed by atoms with Crippen molar-refractivity contribution in [3.05, 3.63) is 69.7 Å². The first-order valence-electron chi connectivity index (χ1n) is 11.2. The normalized spacial score (nSPS) is 13.4. The molecule has 1 amide bonds. The molecule has 0 saturated heterocycles. The van der Waals surface area contributed by atoms with Crippen molar-refractivity contribution in [3.63, 3.8) is 0 Å². The van der Waals surface area contributed by atoms with Crippen LogP contribution in [-0.4, -0.2) is 50.8 Å². The number of aromatic nitrogens is 4. The molecule has 0 fully saturated rings. The molecule has 4 aromatic rings. The maximum atomic E-state index is 14.0. The number of amides is 1. The molecule has 2 aromatic heterocycles. The number of aryl methyl sites for hydroxylation is 1. The van der Waals surface area contributed by atoms with E-state index in [1.54, 1.807) is 29.5 Å². The van der Waals surface area contributed by atoms with Crippen molar-refractivity contribution in [1.29, 1.82) is 0 Å². The van der Waals surface area contributed by atoms with E-state index in [4.69, 9.17) is 4.74 Å². The highest BCUT2D eigenvalue weighted by molar-refractivity contribution is 7.11. The molecule has 5 rings (SSSR count). The smallest absolute Gasteiger partial charge is 0.244 e. The number of benzene rings is 2. The lowest BCUT2D eigenvalue weighted by Gasteiger charge is -2.20. The second-order valence-corrected chi connectivity index (χ2v) is 9.54. The van der Waals surface area contributed by atoms with Gasteiger partial charge < -0.3 is 9.64 Å². The second kappa shape index (κ2) is 9.53. The number of rotatable bonds is 5. The lowest BCUT2D eigenvalue weighted by atomic mass is 10.2. The van der Waals surface area contributed by atoms with Gasteiger partial charge in [0.2, 0.25) is 5.91 Å². The van der Waals surface area contributed by atoms with Crippen LogP contribution in [0.2, 0.25) is 0 Å². The summed E-state index contributed by atoms with van der Waals surface area (Å²) in [6, 6.07) is 10.2. The Morgan fingerprint density at radius 3 is 2.57 bits per heavy atom. The molecular formula is C25H23F2N5O2S. The van der Waals surface area contributed by atoms with Gasteiger partial charge in [-0.25, -0.2) is 23.4 Å². The van der Waals surface area contributed by atoms with Gasteiger partial charge in [0.05, 0.1) is 17.8 Å². The Labute approximate surface area is 205 Å². The van der Waals surface area contributed by atoms with Crippen LogP contribution in [0.1, 0.15) is 15.6 Å². The Balaban J connectivity index is 1.45. The van der Waals surface area contributed by atoms with Gasteiger partial charge in [-0.05, 0) is 49.4 Å². The van der Waals surface area contributed by atoms with E-state index in [2.05, 4.69) is 15.1 Å². The first kappa shape index (κ1) is 23.1. The minimum atomic E-state index is -0.502. The summed E-state index contributed by atoms with van der Waals surface area (Å²) in [5, 5.41) is 5.60. The third-order valence-electron chi connectivity index (χ3n) is 5.93. The number of carbonyl (C=O) groups is 1. The Hall–Kier alpha value is -3.66. The van der Waals surface area contributed by atoms with Crippen LogP contribution in [-0.2, 0) is 24.2 Å². The molecule has 0 atom stereocenters. The first-order chi connectivity index (χ1) is 16.9. The third-order valence-corrected chi connectivity index (χ3v) is 7.01. The fourth-order valence-electron chi connectivity index (χ4n) is 4.16. The molecule has 180 valence electrons. The summed E-state index contributed by atoms with van der Waals surface area (Å²) in [6.07, 6.45) is 1.48. The van der Waals surface area contributed by atoms with Crippen LogP contribution in [0.25, 0.3) is 22.8 Å². The Kier molecular flexibility index (Phi) is 6.29. The van der Waals surface area contributed by atoms with Crippen molar-refractivity contribution in [2.75, 3.05) is 20.2 Å². The van der Waals surface area contributed by atoms with E-state index >= 15 is 0 Å². The largest absolute Gasteiger partial charge is 0.494 e. The van der Waals surface area contributed by atoms with E-state index in [0.29, 0.717) is 42.3 Å². The van der Waals surface area contributed by atoms with Crippen molar-refractivity contribution in [2.24, 2.45) is 0 Å². The molecule has 3 heterocycles. The van der Waals surface area contributed by atoms with Gasteiger partial charge in [0.15, 0.2) is 23.2 Å². The highest BCUT2D eigenvalue weighted by atomic mass is 32.1. The van der Waals surface area contributed by atoms with Gasteiger partial charge in [-0.2, -0.15) is 0 Å². The first-order valence-corrected chi connectivity index (χ1v) is 12.0. The van der Waals surface area contributed by atoms with E-state index in [-0.39, 0.29) is 24.0 Å². The number of nitrogens with zero attached hydrogens (tertiary/aromatic N) is 5. The number of ether oxygens (including phenoxy) is 1. The maximum absolute atomic E-state index is 14.0. The standard InChI is InChI=1S/C25H23F2N5O2S/c1-15-28-20-9-11-31(12-10-22(20)35-15)23(33)14-32-25(17-5-8-19(27)21(13-17)34-2)29-24(30-32)16-3-6-18(26)7-4-16/h3-8,13H,9-12,14H2,1-2H3. The molecule has 0 radical (unpaired) electrons. The number of thiazole rings is 1. The zero-order valence-corrected chi connectivity index (χ0v) is 20.1. The van der Waals surface area contributed by atoms with Gasteiger partial charge in [0.25, 0.3) is 0 Å². The Morgan fingerprint density at radius 1 is 1.06 bits per heavy atom. The van der Waals surface area contributed by atoms with Crippen molar-refractivity contribution in [3.8, 4) is 28.5 Å². The van der Waals surface area contributed by atoms with Crippen molar-refractivity contribution in [2.45, 2.75) is 26.3 Å². The molecule has 1 aliphatic heterocycles. The summed E-state index contributed by atoms with van der Waals surface area (Å²) >= 11 is 1.68. The highest BCUT2D eigenvalue weighted by Gasteiger charge is 2.24. The van der Waals surface area contributed by atoms with Crippen molar-refractivity contribution >= 4 is 17.2 Å². The van der Waals surface area contributed by atoms with Crippen molar-refractivity contribution < 1.29 is 18.3 Å². The number of methoxy groups -OCH3 is 1. The number of carbonyl (C=O) groups excluding carboxylic acids is 1.